The van der Waals surface area contributed by atoms with Gasteiger partial charge >= 0.3 is 0 Å². The smallest absolute Gasteiger partial charge is 0.170 e. The Balaban J connectivity index is 1.83. The fourth-order valence-corrected chi connectivity index (χ4v) is 7.34. The van der Waals surface area contributed by atoms with Gasteiger partial charge in [0.2, 0.25) is 0 Å². The topological polar surface area (TPSA) is 66.0 Å². The molecule has 4 aliphatic rings. The van der Waals surface area contributed by atoms with Crippen molar-refractivity contribution in [1.82, 2.24) is 5.32 Å². The fraction of sp³-hybridized carbons (Fsp3) is 0.682. The van der Waals surface area contributed by atoms with Crippen LogP contribution in [0.4, 0.5) is 0 Å². The lowest BCUT2D eigenvalue weighted by molar-refractivity contribution is -0.150. The summed E-state index contributed by atoms with van der Waals surface area (Å²) in [5.74, 6) is 0.892. The van der Waals surface area contributed by atoms with Crippen LogP contribution >= 0.6 is 0 Å². The number of piperidine rings is 1. The summed E-state index contributed by atoms with van der Waals surface area (Å²) in [6.45, 7) is 1.49. The lowest BCUT2D eigenvalue weighted by Gasteiger charge is -2.62. The summed E-state index contributed by atoms with van der Waals surface area (Å²) >= 11 is 0. The van der Waals surface area contributed by atoms with E-state index in [0.29, 0.717) is 6.61 Å². The number of hydrogen-bond donors (Lipinski definition) is 1. The van der Waals surface area contributed by atoms with Gasteiger partial charge in [-0.15, -0.1) is 0 Å². The third kappa shape index (κ3) is 1.95. The standard InChI is InChI=1S/C22H29NO5/c1-25-11-21-8-7-15(27-3)22-14-9-12(26-2)5-6-13(14)17(24)16(20(22)23-10-21)18(28-4)19(21)22/h5-6,9,15-16,18-20,23H,7-8,10-11H2,1-4H3. The van der Waals surface area contributed by atoms with Crippen LogP contribution in [0.1, 0.15) is 28.8 Å². The molecule has 0 aromatic heterocycles. The van der Waals surface area contributed by atoms with Gasteiger partial charge in [-0.2, -0.15) is 0 Å². The van der Waals surface area contributed by atoms with E-state index in [1.54, 1.807) is 28.4 Å². The Bertz CT molecular complexity index is 812. The molecule has 28 heavy (non-hydrogen) atoms. The molecule has 0 amide bonds. The number of hydrogen-bond acceptors (Lipinski definition) is 6. The molecule has 1 heterocycles. The maximum absolute atomic E-state index is 13.6. The van der Waals surface area contributed by atoms with Crippen LogP contribution in [0.15, 0.2) is 18.2 Å². The second-order valence-electron chi connectivity index (χ2n) is 8.83. The first-order chi connectivity index (χ1) is 13.6. The molecule has 3 fully saturated rings. The Morgan fingerprint density at radius 2 is 2.00 bits per heavy atom. The number of Topliss-reactive ketones (excluding diaryl/α,β-unsaturated/α-hetero) is 1. The number of carbonyl (C=O) groups excluding carboxylic acids is 1. The minimum atomic E-state index is -0.326. The summed E-state index contributed by atoms with van der Waals surface area (Å²) in [6, 6.07) is 5.88. The first-order valence-electron chi connectivity index (χ1n) is 10.1. The molecular weight excluding hydrogens is 358 g/mol. The van der Waals surface area contributed by atoms with Crippen LogP contribution in [0.3, 0.4) is 0 Å². The molecule has 1 N–H and O–H groups in total. The van der Waals surface area contributed by atoms with Crippen molar-refractivity contribution in [2.45, 2.75) is 36.5 Å². The number of methoxy groups -OCH3 is 4. The molecule has 152 valence electrons. The average molecular weight is 387 g/mol. The zero-order chi connectivity index (χ0) is 19.7. The van der Waals surface area contributed by atoms with Crippen molar-refractivity contribution < 1.29 is 23.7 Å². The largest absolute Gasteiger partial charge is 0.497 e. The van der Waals surface area contributed by atoms with Crippen LogP contribution in [0.5, 0.6) is 5.75 Å². The highest BCUT2D eigenvalue weighted by Gasteiger charge is 2.77. The van der Waals surface area contributed by atoms with Crippen LogP contribution in [0.2, 0.25) is 0 Å². The minimum Gasteiger partial charge on any atom is -0.497 e. The van der Waals surface area contributed by atoms with E-state index in [9.17, 15) is 4.79 Å². The van der Waals surface area contributed by atoms with Gasteiger partial charge in [-0.1, -0.05) is 0 Å². The van der Waals surface area contributed by atoms with Crippen molar-refractivity contribution in [2.24, 2.45) is 17.3 Å². The average Bonchev–Trinajstić information content (AvgIpc) is 2.87. The predicted molar refractivity (Wildman–Crippen MR) is 103 cm³/mol. The monoisotopic (exact) mass is 387 g/mol. The van der Waals surface area contributed by atoms with Gasteiger partial charge in [0.1, 0.15) is 5.75 Å². The molecule has 1 aromatic rings. The number of ether oxygens (including phenoxy) is 4. The Morgan fingerprint density at radius 3 is 2.68 bits per heavy atom. The third-order valence-electron chi connectivity index (χ3n) is 8.09. The first-order valence-corrected chi connectivity index (χ1v) is 10.1. The summed E-state index contributed by atoms with van der Waals surface area (Å²) in [5, 5.41) is 3.77. The molecule has 1 aromatic carbocycles. The molecule has 7 unspecified atom stereocenters. The van der Waals surface area contributed by atoms with Crippen LogP contribution in [-0.4, -0.2) is 65.6 Å². The van der Waals surface area contributed by atoms with E-state index in [1.165, 1.54) is 0 Å². The van der Waals surface area contributed by atoms with Crippen molar-refractivity contribution in [1.29, 1.82) is 0 Å². The number of ketones is 1. The summed E-state index contributed by atoms with van der Waals surface area (Å²) in [5.41, 5.74) is 1.44. The van der Waals surface area contributed by atoms with E-state index >= 15 is 0 Å². The fourth-order valence-electron chi connectivity index (χ4n) is 7.34. The summed E-state index contributed by atoms with van der Waals surface area (Å²) in [7, 11) is 6.97. The van der Waals surface area contributed by atoms with E-state index in [-0.39, 0.29) is 46.7 Å². The second-order valence-corrected chi connectivity index (χ2v) is 8.83. The first kappa shape index (κ1) is 18.6. The van der Waals surface area contributed by atoms with E-state index in [2.05, 4.69) is 11.4 Å². The highest BCUT2D eigenvalue weighted by Crippen LogP contribution is 2.68. The molecule has 1 aliphatic heterocycles. The summed E-state index contributed by atoms with van der Waals surface area (Å²) < 4.78 is 23.5. The molecule has 5 rings (SSSR count). The second kappa shape index (κ2) is 6.26. The quantitative estimate of drug-likeness (QED) is 0.831. The van der Waals surface area contributed by atoms with Crippen LogP contribution in [0.25, 0.3) is 0 Å². The van der Waals surface area contributed by atoms with Crippen LogP contribution in [-0.2, 0) is 19.6 Å². The molecule has 6 nitrogen and oxygen atoms in total. The van der Waals surface area contributed by atoms with Crippen molar-refractivity contribution in [3.63, 3.8) is 0 Å². The zero-order valence-corrected chi connectivity index (χ0v) is 17.0. The van der Waals surface area contributed by atoms with Crippen molar-refractivity contribution in [2.75, 3.05) is 41.6 Å². The lowest BCUT2D eigenvalue weighted by Crippen LogP contribution is -2.72. The Kier molecular flexibility index (Phi) is 4.15. The molecular formula is C22H29NO5. The molecule has 7 atom stereocenters. The summed E-state index contributed by atoms with van der Waals surface area (Å²) in [6.07, 6.45) is 1.80. The highest BCUT2D eigenvalue weighted by molar-refractivity contribution is 6.03. The predicted octanol–water partition coefficient (Wildman–Crippen LogP) is 1.80. The van der Waals surface area contributed by atoms with Crippen molar-refractivity contribution in [3.8, 4) is 5.75 Å². The molecule has 6 heteroatoms. The molecule has 1 spiro atoms. The number of carbonyl (C=O) groups is 1. The van der Waals surface area contributed by atoms with E-state index in [1.807, 2.05) is 12.1 Å². The molecule has 3 aliphatic carbocycles. The van der Waals surface area contributed by atoms with Gasteiger partial charge in [-0.3, -0.25) is 4.79 Å². The Morgan fingerprint density at radius 1 is 1.18 bits per heavy atom. The SMILES string of the molecule is COCC12CCC(OC)C34c5cc(OC)ccc5C(=O)C(C(OC)C13)C4NC2. The van der Waals surface area contributed by atoms with Crippen molar-refractivity contribution in [3.05, 3.63) is 29.3 Å². The van der Waals surface area contributed by atoms with E-state index < -0.39 is 0 Å². The number of benzene rings is 1. The van der Waals surface area contributed by atoms with Gasteiger partial charge in [-0.05, 0) is 36.6 Å². The normalized spacial score (nSPS) is 43.0. The molecule has 1 saturated heterocycles. The summed E-state index contributed by atoms with van der Waals surface area (Å²) in [4.78, 5) is 13.6. The number of fused-ring (bicyclic) bond motifs is 1. The van der Waals surface area contributed by atoms with Gasteiger partial charge in [0, 0.05) is 56.2 Å². The minimum absolute atomic E-state index is 0.00443. The Hall–Kier alpha value is -1.47. The maximum Gasteiger partial charge on any atom is 0.170 e. The molecule has 5 bridgehead atoms. The highest BCUT2D eigenvalue weighted by atomic mass is 16.5. The van der Waals surface area contributed by atoms with Gasteiger partial charge in [0.15, 0.2) is 5.78 Å². The lowest BCUT2D eigenvalue weighted by atomic mass is 9.48. The molecule has 2 saturated carbocycles. The van der Waals surface area contributed by atoms with Gasteiger partial charge in [-0.25, -0.2) is 0 Å². The van der Waals surface area contributed by atoms with E-state index in [0.717, 1.165) is 36.3 Å². The third-order valence-corrected chi connectivity index (χ3v) is 8.09. The maximum atomic E-state index is 13.6. The van der Waals surface area contributed by atoms with Gasteiger partial charge < -0.3 is 24.3 Å². The number of rotatable bonds is 5. The molecule has 0 radical (unpaired) electrons. The van der Waals surface area contributed by atoms with Crippen LogP contribution < -0.4 is 10.1 Å². The van der Waals surface area contributed by atoms with Gasteiger partial charge in [0.25, 0.3) is 0 Å². The zero-order valence-electron chi connectivity index (χ0n) is 17.0. The van der Waals surface area contributed by atoms with E-state index in [4.69, 9.17) is 18.9 Å². The number of nitrogens with one attached hydrogen (secondary N) is 1. The Labute approximate surface area is 165 Å². The van der Waals surface area contributed by atoms with Gasteiger partial charge in [0.05, 0.1) is 31.8 Å². The van der Waals surface area contributed by atoms with Crippen LogP contribution in [0, 0.1) is 17.3 Å². The van der Waals surface area contributed by atoms with Crippen molar-refractivity contribution >= 4 is 5.78 Å².